The van der Waals surface area contributed by atoms with Gasteiger partial charge in [-0.05, 0) is 6.07 Å². The van der Waals surface area contributed by atoms with Crippen LogP contribution in [0, 0.1) is 10.1 Å². The van der Waals surface area contributed by atoms with Gasteiger partial charge in [-0.2, -0.15) is 0 Å². The number of benzene rings is 1. The third kappa shape index (κ3) is 2.35. The van der Waals surface area contributed by atoms with Crippen LogP contribution in [0.15, 0.2) is 34.9 Å². The van der Waals surface area contributed by atoms with Crippen LogP contribution in [0.25, 0.3) is 11.3 Å². The summed E-state index contributed by atoms with van der Waals surface area (Å²) in [5, 5.41) is 15.0. The van der Waals surface area contributed by atoms with Crippen LogP contribution in [0.5, 0.6) is 0 Å². The second-order valence-corrected chi connectivity index (χ2v) is 4.42. The Morgan fingerprint density at radius 1 is 1.25 bits per heavy atom. The third-order valence-electron chi connectivity index (χ3n) is 3.20. The Balaban J connectivity index is 1.92. The van der Waals surface area contributed by atoms with Crippen molar-refractivity contribution in [2.75, 3.05) is 31.2 Å². The summed E-state index contributed by atoms with van der Waals surface area (Å²) in [5.41, 5.74) is 0.953. The largest absolute Gasteiger partial charge is 0.378 e. The maximum absolute atomic E-state index is 11.0. The monoisotopic (exact) mass is 275 g/mol. The minimum atomic E-state index is -0.418. The van der Waals surface area contributed by atoms with Crippen molar-refractivity contribution in [3.63, 3.8) is 0 Å². The van der Waals surface area contributed by atoms with Gasteiger partial charge in [0.15, 0.2) is 0 Å². The van der Waals surface area contributed by atoms with Crippen LogP contribution < -0.4 is 4.90 Å². The Labute approximate surface area is 114 Å². The molecule has 7 heteroatoms. The Morgan fingerprint density at radius 3 is 2.75 bits per heavy atom. The first kappa shape index (κ1) is 12.6. The molecule has 0 bridgehead atoms. The summed E-state index contributed by atoms with van der Waals surface area (Å²) in [6, 6.07) is 8.22. The van der Waals surface area contributed by atoms with Gasteiger partial charge in [0.05, 0.1) is 23.7 Å². The molecule has 3 rings (SSSR count). The number of anilines is 1. The molecule has 1 aliphatic rings. The molecule has 0 amide bonds. The van der Waals surface area contributed by atoms with Gasteiger partial charge in [-0.3, -0.25) is 10.1 Å². The number of aromatic nitrogens is 1. The molecule has 7 nitrogen and oxygen atoms in total. The van der Waals surface area contributed by atoms with Gasteiger partial charge in [0.25, 0.3) is 5.69 Å². The number of para-hydroxylation sites is 1. The van der Waals surface area contributed by atoms with Gasteiger partial charge in [0, 0.05) is 25.2 Å². The topological polar surface area (TPSA) is 81.6 Å². The van der Waals surface area contributed by atoms with Crippen molar-refractivity contribution in [1.82, 2.24) is 5.16 Å². The lowest BCUT2D eigenvalue weighted by Crippen LogP contribution is -2.35. The molecule has 1 saturated heterocycles. The van der Waals surface area contributed by atoms with E-state index in [-0.39, 0.29) is 5.69 Å². The lowest BCUT2D eigenvalue weighted by molar-refractivity contribution is -0.384. The summed E-state index contributed by atoms with van der Waals surface area (Å²) in [4.78, 5) is 12.6. The molecule has 104 valence electrons. The van der Waals surface area contributed by atoms with Crippen molar-refractivity contribution in [2.45, 2.75) is 0 Å². The van der Waals surface area contributed by atoms with E-state index in [1.54, 1.807) is 24.3 Å². The number of hydrogen-bond donors (Lipinski definition) is 0. The zero-order valence-electron chi connectivity index (χ0n) is 10.7. The first-order valence-electron chi connectivity index (χ1n) is 6.29. The van der Waals surface area contributed by atoms with Crippen LogP contribution >= 0.6 is 0 Å². The number of nitro groups is 1. The van der Waals surface area contributed by atoms with Gasteiger partial charge in [-0.1, -0.05) is 17.3 Å². The van der Waals surface area contributed by atoms with Crippen LogP contribution in [0.1, 0.15) is 0 Å². The van der Waals surface area contributed by atoms with E-state index in [4.69, 9.17) is 9.26 Å². The second kappa shape index (κ2) is 5.30. The summed E-state index contributed by atoms with van der Waals surface area (Å²) in [6.07, 6.45) is 0. The quantitative estimate of drug-likeness (QED) is 0.630. The first-order valence-corrected chi connectivity index (χ1v) is 6.29. The van der Waals surface area contributed by atoms with Crippen LogP contribution in [0.2, 0.25) is 0 Å². The molecule has 0 unspecified atom stereocenters. The van der Waals surface area contributed by atoms with E-state index in [0.29, 0.717) is 30.4 Å². The highest BCUT2D eigenvalue weighted by atomic mass is 16.6. The summed E-state index contributed by atoms with van der Waals surface area (Å²) in [6.45, 7) is 2.74. The molecular weight excluding hydrogens is 262 g/mol. The van der Waals surface area contributed by atoms with E-state index in [1.165, 1.54) is 6.07 Å². The van der Waals surface area contributed by atoms with E-state index in [9.17, 15) is 10.1 Å². The maximum Gasteiger partial charge on any atom is 0.278 e. The fourth-order valence-electron chi connectivity index (χ4n) is 2.17. The predicted molar refractivity (Wildman–Crippen MR) is 71.6 cm³/mol. The highest BCUT2D eigenvalue weighted by Crippen LogP contribution is 2.31. The maximum atomic E-state index is 11.0. The zero-order valence-corrected chi connectivity index (χ0v) is 10.7. The van der Waals surface area contributed by atoms with Crippen LogP contribution in [0.3, 0.4) is 0 Å². The molecule has 0 spiro atoms. The van der Waals surface area contributed by atoms with Crippen molar-refractivity contribution in [1.29, 1.82) is 0 Å². The van der Waals surface area contributed by atoms with Gasteiger partial charge in [-0.15, -0.1) is 0 Å². The van der Waals surface area contributed by atoms with Gasteiger partial charge in [-0.25, -0.2) is 0 Å². The molecule has 2 aromatic rings. The van der Waals surface area contributed by atoms with Crippen molar-refractivity contribution in [2.24, 2.45) is 0 Å². The molecule has 2 heterocycles. The van der Waals surface area contributed by atoms with Crippen LogP contribution in [0.4, 0.5) is 11.6 Å². The van der Waals surface area contributed by atoms with E-state index in [2.05, 4.69) is 5.16 Å². The summed E-state index contributed by atoms with van der Waals surface area (Å²) in [5.74, 6) is 0.612. The Hall–Kier alpha value is -2.41. The zero-order chi connectivity index (χ0) is 13.9. The van der Waals surface area contributed by atoms with Crippen molar-refractivity contribution >= 4 is 11.6 Å². The number of nitro benzene ring substituents is 1. The SMILES string of the molecule is O=[N+]([O-])c1ccccc1-c1cc(N2CCOCC2)on1. The molecule has 20 heavy (non-hydrogen) atoms. The molecule has 0 radical (unpaired) electrons. The average Bonchev–Trinajstić information content (AvgIpc) is 2.98. The van der Waals surface area contributed by atoms with Gasteiger partial charge in [0.1, 0.15) is 5.69 Å². The summed E-state index contributed by atoms with van der Waals surface area (Å²) < 4.78 is 10.6. The minimum absolute atomic E-state index is 0.0225. The first-order chi connectivity index (χ1) is 9.75. The highest BCUT2D eigenvalue weighted by molar-refractivity contribution is 5.71. The molecule has 0 saturated carbocycles. The predicted octanol–water partition coefficient (Wildman–Crippen LogP) is 2.09. The van der Waals surface area contributed by atoms with Crippen molar-refractivity contribution < 1.29 is 14.2 Å². The molecular formula is C13H13N3O4. The van der Waals surface area contributed by atoms with Crippen molar-refractivity contribution in [3.8, 4) is 11.3 Å². The van der Waals surface area contributed by atoms with Gasteiger partial charge in [0.2, 0.25) is 5.88 Å². The third-order valence-corrected chi connectivity index (χ3v) is 3.20. The molecule has 0 aliphatic carbocycles. The van der Waals surface area contributed by atoms with Gasteiger partial charge >= 0.3 is 0 Å². The molecule has 1 aromatic heterocycles. The van der Waals surface area contributed by atoms with E-state index in [1.807, 2.05) is 4.90 Å². The second-order valence-electron chi connectivity index (χ2n) is 4.42. The number of nitrogens with zero attached hydrogens (tertiary/aromatic N) is 3. The lowest BCUT2D eigenvalue weighted by Gasteiger charge is -2.25. The molecule has 1 aromatic carbocycles. The highest BCUT2D eigenvalue weighted by Gasteiger charge is 2.20. The van der Waals surface area contributed by atoms with E-state index >= 15 is 0 Å². The number of ether oxygens (including phenoxy) is 1. The van der Waals surface area contributed by atoms with Crippen LogP contribution in [-0.4, -0.2) is 36.4 Å². The Morgan fingerprint density at radius 2 is 2.00 bits per heavy atom. The standard InChI is InChI=1S/C13H13N3O4/c17-16(18)12-4-2-1-3-10(12)11-9-13(20-14-11)15-5-7-19-8-6-15/h1-4,9H,5-8H2. The Kier molecular flexibility index (Phi) is 3.34. The molecule has 1 fully saturated rings. The molecule has 0 atom stereocenters. The fraction of sp³-hybridized carbons (Fsp3) is 0.308. The number of hydrogen-bond acceptors (Lipinski definition) is 6. The summed E-state index contributed by atoms with van der Waals surface area (Å²) >= 11 is 0. The Bertz CT molecular complexity index is 620. The smallest absolute Gasteiger partial charge is 0.278 e. The molecule has 0 N–H and O–H groups in total. The number of rotatable bonds is 3. The van der Waals surface area contributed by atoms with Crippen LogP contribution in [-0.2, 0) is 4.74 Å². The number of morpholine rings is 1. The average molecular weight is 275 g/mol. The molecule has 1 aliphatic heterocycles. The fourth-order valence-corrected chi connectivity index (χ4v) is 2.17. The normalized spacial score (nSPS) is 15.3. The van der Waals surface area contributed by atoms with Crippen molar-refractivity contribution in [3.05, 3.63) is 40.4 Å². The van der Waals surface area contributed by atoms with E-state index in [0.717, 1.165) is 13.1 Å². The van der Waals surface area contributed by atoms with E-state index < -0.39 is 4.92 Å². The lowest BCUT2D eigenvalue weighted by atomic mass is 10.1. The van der Waals surface area contributed by atoms with Gasteiger partial charge < -0.3 is 14.2 Å². The minimum Gasteiger partial charge on any atom is -0.378 e. The summed E-state index contributed by atoms with van der Waals surface area (Å²) in [7, 11) is 0.